The monoisotopic (exact) mass is 207 g/mol. The van der Waals surface area contributed by atoms with E-state index in [1.165, 1.54) is 13.8 Å². The van der Waals surface area contributed by atoms with E-state index in [1.807, 2.05) is 0 Å². The van der Waals surface area contributed by atoms with Crippen LogP contribution in [0.25, 0.3) is 0 Å². The van der Waals surface area contributed by atoms with E-state index < -0.39 is 18.3 Å². The maximum atomic E-state index is 11.7. The molecule has 0 aliphatic carbocycles. The zero-order valence-corrected chi connectivity index (χ0v) is 7.62. The van der Waals surface area contributed by atoms with Crippen LogP contribution in [-0.4, -0.2) is 23.4 Å². The highest BCUT2D eigenvalue weighted by Gasteiger charge is 2.42. The summed E-state index contributed by atoms with van der Waals surface area (Å²) in [6, 6.07) is -1.24. The maximum absolute atomic E-state index is 11.7. The van der Waals surface area contributed by atoms with Crippen LogP contribution in [0.1, 0.15) is 13.8 Å². The number of rotatable bonds is 2. The Kier molecular flexibility index (Phi) is 5.92. The zero-order valence-electron chi connectivity index (χ0n) is 6.80. The summed E-state index contributed by atoms with van der Waals surface area (Å²) in [5, 5.41) is 8.57. The van der Waals surface area contributed by atoms with Crippen LogP contribution in [0.15, 0.2) is 0 Å². The molecular weight excluding hydrogens is 195 g/mol. The normalized spacial score (nSPS) is 17.0. The minimum absolute atomic E-state index is 0. The molecule has 0 spiro atoms. The molecule has 0 fully saturated rings. The molecule has 3 N–H and O–H groups in total. The van der Waals surface area contributed by atoms with Crippen molar-refractivity contribution in [1.82, 2.24) is 0 Å². The molecule has 12 heavy (non-hydrogen) atoms. The summed E-state index contributed by atoms with van der Waals surface area (Å²) in [5.41, 5.74) is 5.08. The Morgan fingerprint density at radius 2 is 1.58 bits per heavy atom. The summed E-state index contributed by atoms with van der Waals surface area (Å²) in [6.45, 7) is 3.05. The van der Waals surface area contributed by atoms with Gasteiger partial charge in [-0.2, -0.15) is 13.2 Å². The van der Waals surface area contributed by atoms with Gasteiger partial charge in [0, 0.05) is 6.04 Å². The molecule has 0 aromatic carbocycles. The summed E-state index contributed by atoms with van der Waals surface area (Å²) in [6.07, 6.45) is -7.02. The van der Waals surface area contributed by atoms with Gasteiger partial charge in [0.25, 0.3) is 0 Å². The molecule has 0 bridgehead atoms. The Morgan fingerprint density at radius 3 is 1.67 bits per heavy atom. The van der Waals surface area contributed by atoms with Gasteiger partial charge in [-0.25, -0.2) is 0 Å². The van der Waals surface area contributed by atoms with Gasteiger partial charge >= 0.3 is 6.18 Å². The molecule has 0 saturated carbocycles. The van der Waals surface area contributed by atoms with E-state index in [2.05, 4.69) is 0 Å². The summed E-state index contributed by atoms with van der Waals surface area (Å²) in [5.74, 6) is -0.383. The van der Waals surface area contributed by atoms with E-state index in [4.69, 9.17) is 10.8 Å². The lowest BCUT2D eigenvalue weighted by Gasteiger charge is -2.23. The average Bonchev–Trinajstić information content (AvgIpc) is 1.82. The van der Waals surface area contributed by atoms with Crippen LogP contribution < -0.4 is 5.73 Å². The first-order chi connectivity index (χ1) is 4.76. The van der Waals surface area contributed by atoms with Crippen molar-refractivity contribution in [2.24, 2.45) is 11.7 Å². The average molecular weight is 208 g/mol. The lowest BCUT2D eigenvalue weighted by atomic mass is 9.99. The van der Waals surface area contributed by atoms with Crippen LogP contribution in [0.2, 0.25) is 0 Å². The van der Waals surface area contributed by atoms with E-state index >= 15 is 0 Å². The second-order valence-electron chi connectivity index (χ2n) is 2.81. The van der Waals surface area contributed by atoms with Crippen LogP contribution in [-0.2, 0) is 0 Å². The van der Waals surface area contributed by atoms with Gasteiger partial charge in [0.2, 0.25) is 0 Å². The van der Waals surface area contributed by atoms with Crippen LogP contribution >= 0.6 is 12.4 Å². The molecule has 0 aromatic rings. The quantitative estimate of drug-likeness (QED) is 0.717. The van der Waals surface area contributed by atoms with Gasteiger partial charge in [0.1, 0.15) is 0 Å². The molecule has 76 valence electrons. The van der Waals surface area contributed by atoms with Crippen molar-refractivity contribution in [2.45, 2.75) is 32.2 Å². The Hall–Kier alpha value is -0.0000000000000000555. The van der Waals surface area contributed by atoms with Crippen LogP contribution in [0.5, 0.6) is 0 Å². The van der Waals surface area contributed by atoms with E-state index in [-0.39, 0.29) is 18.3 Å². The van der Waals surface area contributed by atoms with Crippen molar-refractivity contribution in [3.8, 4) is 0 Å². The molecule has 0 saturated heterocycles. The van der Waals surface area contributed by atoms with Crippen molar-refractivity contribution in [1.29, 1.82) is 0 Å². The number of aliphatic hydroxyl groups excluding tert-OH is 1. The molecule has 0 rings (SSSR count). The van der Waals surface area contributed by atoms with E-state index in [0.29, 0.717) is 0 Å². The third kappa shape index (κ3) is 4.13. The van der Waals surface area contributed by atoms with Crippen molar-refractivity contribution in [3.63, 3.8) is 0 Å². The molecule has 0 aliphatic rings. The standard InChI is InChI=1S/C6H12F3NO.ClH/c1-3(2)4(10)5(11)6(7,8)9;/h3-5,11H,10H2,1-2H3;1H/t4-,5-;/m0./s1. The zero-order chi connectivity index (χ0) is 9.23. The van der Waals surface area contributed by atoms with Gasteiger partial charge < -0.3 is 10.8 Å². The second-order valence-corrected chi connectivity index (χ2v) is 2.81. The Labute approximate surface area is 75.3 Å². The fourth-order valence-corrected chi connectivity index (χ4v) is 0.583. The predicted octanol–water partition coefficient (Wildman–Crippen LogP) is 1.31. The largest absolute Gasteiger partial charge is 0.415 e. The van der Waals surface area contributed by atoms with Crippen LogP contribution in [0.4, 0.5) is 13.2 Å². The fourth-order valence-electron chi connectivity index (χ4n) is 0.583. The van der Waals surface area contributed by atoms with Gasteiger partial charge in [0.05, 0.1) is 0 Å². The van der Waals surface area contributed by atoms with Gasteiger partial charge in [-0.3, -0.25) is 0 Å². The van der Waals surface area contributed by atoms with Gasteiger partial charge in [-0.05, 0) is 5.92 Å². The highest BCUT2D eigenvalue weighted by molar-refractivity contribution is 5.85. The third-order valence-corrected chi connectivity index (χ3v) is 1.47. The predicted molar refractivity (Wildman–Crippen MR) is 42.1 cm³/mol. The molecule has 0 aromatic heterocycles. The summed E-state index contributed by atoms with van der Waals surface area (Å²) >= 11 is 0. The second kappa shape index (κ2) is 4.89. The molecule has 0 heterocycles. The minimum atomic E-state index is -4.61. The summed E-state index contributed by atoms with van der Waals surface area (Å²) < 4.78 is 35.2. The highest BCUT2D eigenvalue weighted by Crippen LogP contribution is 2.23. The van der Waals surface area contributed by atoms with Crippen molar-refractivity contribution in [2.75, 3.05) is 0 Å². The summed E-state index contributed by atoms with van der Waals surface area (Å²) in [7, 11) is 0. The van der Waals surface area contributed by atoms with Gasteiger partial charge in [-0.15, -0.1) is 12.4 Å². The first-order valence-electron chi connectivity index (χ1n) is 3.27. The maximum Gasteiger partial charge on any atom is 0.415 e. The van der Waals surface area contributed by atoms with Gasteiger partial charge in [0.15, 0.2) is 6.10 Å². The Morgan fingerprint density at radius 1 is 1.25 bits per heavy atom. The van der Waals surface area contributed by atoms with Crippen molar-refractivity contribution >= 4 is 12.4 Å². The molecule has 2 atom stereocenters. The number of hydrogen-bond acceptors (Lipinski definition) is 2. The lowest BCUT2D eigenvalue weighted by Crippen LogP contribution is -2.47. The Balaban J connectivity index is 0. The molecule has 0 radical (unpaired) electrons. The van der Waals surface area contributed by atoms with Crippen LogP contribution in [0.3, 0.4) is 0 Å². The third-order valence-electron chi connectivity index (χ3n) is 1.47. The van der Waals surface area contributed by atoms with E-state index in [9.17, 15) is 13.2 Å². The molecule has 0 amide bonds. The highest BCUT2D eigenvalue weighted by atomic mass is 35.5. The smallest absolute Gasteiger partial charge is 0.382 e. The number of hydrogen-bond donors (Lipinski definition) is 2. The minimum Gasteiger partial charge on any atom is -0.382 e. The summed E-state index contributed by atoms with van der Waals surface area (Å²) in [4.78, 5) is 0. The number of halogens is 4. The molecule has 6 heteroatoms. The van der Waals surface area contributed by atoms with Gasteiger partial charge in [-0.1, -0.05) is 13.8 Å². The number of nitrogens with two attached hydrogens (primary N) is 1. The fraction of sp³-hybridized carbons (Fsp3) is 1.00. The first kappa shape index (κ1) is 14.5. The SMILES string of the molecule is CC(C)[C@H](N)[C@H](O)C(F)(F)F.Cl. The van der Waals surface area contributed by atoms with E-state index in [1.54, 1.807) is 0 Å². The number of aliphatic hydroxyl groups is 1. The molecule has 2 nitrogen and oxygen atoms in total. The topological polar surface area (TPSA) is 46.2 Å². The lowest BCUT2D eigenvalue weighted by molar-refractivity contribution is -0.212. The van der Waals surface area contributed by atoms with Crippen molar-refractivity contribution < 1.29 is 18.3 Å². The first-order valence-corrected chi connectivity index (χ1v) is 3.27. The van der Waals surface area contributed by atoms with Crippen LogP contribution in [0, 0.1) is 5.92 Å². The number of alkyl halides is 3. The molecular formula is C6H13ClF3NO. The molecule has 0 aliphatic heterocycles. The van der Waals surface area contributed by atoms with Crippen molar-refractivity contribution in [3.05, 3.63) is 0 Å². The Bertz CT molecular complexity index is 128. The molecule has 0 unspecified atom stereocenters. The van der Waals surface area contributed by atoms with E-state index in [0.717, 1.165) is 0 Å².